The van der Waals surface area contributed by atoms with E-state index in [9.17, 15) is 9.59 Å². The molecule has 0 atom stereocenters. The topological polar surface area (TPSA) is 49.4 Å². The number of nitrogens with one attached hydrogen (secondary N) is 1. The maximum atomic E-state index is 13.6. The lowest BCUT2D eigenvalue weighted by Gasteiger charge is -2.24. The summed E-state index contributed by atoms with van der Waals surface area (Å²) in [5, 5.41) is 4.08. The molecule has 5 rings (SSSR count). The van der Waals surface area contributed by atoms with Gasteiger partial charge in [0.1, 0.15) is 0 Å². The van der Waals surface area contributed by atoms with Crippen molar-refractivity contribution in [1.29, 1.82) is 0 Å². The Bertz CT molecular complexity index is 1420. The second-order valence-corrected chi connectivity index (χ2v) is 9.35. The summed E-state index contributed by atoms with van der Waals surface area (Å²) in [4.78, 5) is 27.9. The van der Waals surface area contributed by atoms with Gasteiger partial charge in [-0.1, -0.05) is 65.7 Å². The number of rotatable bonds is 4. The molecule has 1 aliphatic heterocycles. The van der Waals surface area contributed by atoms with Crippen molar-refractivity contribution >= 4 is 46.4 Å². The highest BCUT2D eigenvalue weighted by atomic mass is 35.5. The Hall–Kier alpha value is -3.60. The number of hydrogen-bond acceptors (Lipinski definition) is 2. The molecule has 0 unspecified atom stereocenters. The lowest BCUT2D eigenvalue weighted by molar-refractivity contribution is -0.115. The molecule has 0 bridgehead atoms. The van der Waals surface area contributed by atoms with Gasteiger partial charge >= 0.3 is 0 Å². The van der Waals surface area contributed by atoms with Crippen LogP contribution in [0.1, 0.15) is 32.6 Å². The molecular formula is C29H22Cl2N2O2. The van der Waals surface area contributed by atoms with Crippen LogP contribution in [-0.2, 0) is 24.2 Å². The Morgan fingerprint density at radius 2 is 1.51 bits per heavy atom. The molecule has 0 saturated carbocycles. The van der Waals surface area contributed by atoms with Crippen LogP contribution in [-0.4, -0.2) is 11.8 Å². The Kier molecular flexibility index (Phi) is 6.58. The second kappa shape index (κ2) is 9.95. The second-order valence-electron chi connectivity index (χ2n) is 8.50. The summed E-state index contributed by atoms with van der Waals surface area (Å²) in [5.41, 5.74) is 6.08. The van der Waals surface area contributed by atoms with Crippen molar-refractivity contribution in [2.45, 2.75) is 19.4 Å². The van der Waals surface area contributed by atoms with Crippen LogP contribution in [0.25, 0.3) is 0 Å². The van der Waals surface area contributed by atoms with E-state index in [-0.39, 0.29) is 18.2 Å². The number of fused-ring (bicyclic) bond motifs is 2. The van der Waals surface area contributed by atoms with Crippen LogP contribution in [0.15, 0.2) is 91.0 Å². The predicted octanol–water partition coefficient (Wildman–Crippen LogP) is 6.93. The van der Waals surface area contributed by atoms with Crippen LogP contribution in [0.2, 0.25) is 10.0 Å². The first-order valence-corrected chi connectivity index (χ1v) is 12.0. The summed E-state index contributed by atoms with van der Waals surface area (Å²) < 4.78 is 0. The average molecular weight is 501 g/mol. The number of carbonyl (C=O) groups is 2. The lowest BCUT2D eigenvalue weighted by Crippen LogP contribution is -2.30. The molecule has 4 aromatic rings. The standard InChI is InChI=1S/C29H22Cl2N2O2/c30-24-11-14-27-23(16-24)15-20-5-1-2-7-22(20)18-33(27)29(35)19-9-12-25(13-10-19)32-28(34)17-21-6-3-4-8-26(21)31/h1-14,16H,15,17-18H2,(H,32,34). The third-order valence-corrected chi connectivity index (χ3v) is 6.73. The van der Waals surface area contributed by atoms with Gasteiger partial charge in [0.25, 0.3) is 5.91 Å². The maximum absolute atomic E-state index is 13.6. The first kappa shape index (κ1) is 23.2. The van der Waals surface area contributed by atoms with Gasteiger partial charge in [0.05, 0.1) is 13.0 Å². The van der Waals surface area contributed by atoms with Crippen molar-refractivity contribution < 1.29 is 9.59 Å². The number of amides is 2. The molecule has 1 N–H and O–H groups in total. The number of benzene rings is 4. The lowest BCUT2D eigenvalue weighted by atomic mass is 10.0. The van der Waals surface area contributed by atoms with Crippen molar-refractivity contribution in [1.82, 2.24) is 0 Å². The molecule has 0 fully saturated rings. The highest BCUT2D eigenvalue weighted by Gasteiger charge is 2.25. The normalized spacial score (nSPS) is 12.3. The maximum Gasteiger partial charge on any atom is 0.258 e. The molecule has 0 aromatic heterocycles. The fourth-order valence-corrected chi connectivity index (χ4v) is 4.75. The number of nitrogens with zero attached hydrogens (tertiary/aromatic N) is 1. The average Bonchev–Trinajstić information content (AvgIpc) is 3.01. The van der Waals surface area contributed by atoms with Crippen LogP contribution in [0.4, 0.5) is 11.4 Å². The van der Waals surface area contributed by atoms with Crippen LogP contribution >= 0.6 is 23.2 Å². The van der Waals surface area contributed by atoms with Gasteiger partial charge in [0.2, 0.25) is 5.91 Å². The fraction of sp³-hybridized carbons (Fsp3) is 0.103. The molecule has 0 spiro atoms. The molecule has 4 nitrogen and oxygen atoms in total. The predicted molar refractivity (Wildman–Crippen MR) is 141 cm³/mol. The third kappa shape index (κ3) is 5.09. The number of halogens is 2. The first-order chi connectivity index (χ1) is 17.0. The Balaban J connectivity index is 1.36. The van der Waals surface area contributed by atoms with E-state index in [4.69, 9.17) is 23.2 Å². The zero-order valence-corrected chi connectivity index (χ0v) is 20.3. The van der Waals surface area contributed by atoms with E-state index in [1.807, 2.05) is 48.5 Å². The largest absolute Gasteiger partial charge is 0.326 e. The summed E-state index contributed by atoms with van der Waals surface area (Å²) >= 11 is 12.4. The van der Waals surface area contributed by atoms with Crippen molar-refractivity contribution in [2.24, 2.45) is 0 Å². The highest BCUT2D eigenvalue weighted by molar-refractivity contribution is 6.31. The summed E-state index contributed by atoms with van der Waals surface area (Å²) in [5.74, 6) is -0.286. The highest BCUT2D eigenvalue weighted by Crippen LogP contribution is 2.33. The van der Waals surface area contributed by atoms with Crippen LogP contribution in [0.5, 0.6) is 0 Å². The fourth-order valence-electron chi connectivity index (χ4n) is 4.36. The molecule has 2 amide bonds. The van der Waals surface area contributed by atoms with Crippen LogP contribution in [0, 0.1) is 0 Å². The van der Waals surface area contributed by atoms with E-state index >= 15 is 0 Å². The molecule has 4 aromatic carbocycles. The minimum Gasteiger partial charge on any atom is -0.326 e. The minimum atomic E-state index is -0.174. The van der Waals surface area contributed by atoms with E-state index in [1.165, 1.54) is 5.56 Å². The van der Waals surface area contributed by atoms with Gasteiger partial charge in [0.15, 0.2) is 0 Å². The molecule has 1 heterocycles. The summed E-state index contributed by atoms with van der Waals surface area (Å²) in [6.07, 6.45) is 0.888. The minimum absolute atomic E-state index is 0.112. The number of anilines is 2. The zero-order chi connectivity index (χ0) is 24.4. The number of hydrogen-bond donors (Lipinski definition) is 1. The molecular weight excluding hydrogens is 479 g/mol. The number of carbonyl (C=O) groups excluding carboxylic acids is 2. The molecule has 35 heavy (non-hydrogen) atoms. The summed E-state index contributed by atoms with van der Waals surface area (Å²) in [6, 6.07) is 28.0. The van der Waals surface area contributed by atoms with Crippen molar-refractivity contribution in [3.63, 3.8) is 0 Å². The molecule has 0 aliphatic carbocycles. The van der Waals surface area contributed by atoms with E-state index < -0.39 is 0 Å². The van der Waals surface area contributed by atoms with Gasteiger partial charge < -0.3 is 10.2 Å². The van der Waals surface area contributed by atoms with Gasteiger partial charge in [-0.05, 0) is 77.2 Å². The Morgan fingerprint density at radius 3 is 2.29 bits per heavy atom. The van der Waals surface area contributed by atoms with E-state index in [0.29, 0.717) is 34.3 Å². The van der Waals surface area contributed by atoms with Gasteiger partial charge in [-0.3, -0.25) is 9.59 Å². The third-order valence-electron chi connectivity index (χ3n) is 6.13. The van der Waals surface area contributed by atoms with Crippen LogP contribution in [0.3, 0.4) is 0 Å². The zero-order valence-electron chi connectivity index (χ0n) is 18.8. The summed E-state index contributed by atoms with van der Waals surface area (Å²) in [7, 11) is 0. The van der Waals surface area contributed by atoms with Crippen molar-refractivity contribution in [2.75, 3.05) is 10.2 Å². The molecule has 1 aliphatic rings. The molecule has 6 heteroatoms. The van der Waals surface area contributed by atoms with Gasteiger partial charge in [-0.2, -0.15) is 0 Å². The molecule has 0 saturated heterocycles. The molecule has 0 radical (unpaired) electrons. The Labute approximate surface area is 214 Å². The van der Waals surface area contributed by atoms with Crippen LogP contribution < -0.4 is 10.2 Å². The van der Waals surface area contributed by atoms with Gasteiger partial charge in [0, 0.05) is 27.0 Å². The van der Waals surface area contributed by atoms with Gasteiger partial charge in [-0.25, -0.2) is 0 Å². The summed E-state index contributed by atoms with van der Waals surface area (Å²) in [6.45, 7) is 0.472. The smallest absolute Gasteiger partial charge is 0.258 e. The van der Waals surface area contributed by atoms with E-state index in [2.05, 4.69) is 17.4 Å². The van der Waals surface area contributed by atoms with E-state index in [0.717, 1.165) is 22.4 Å². The molecule has 174 valence electrons. The Morgan fingerprint density at radius 1 is 0.800 bits per heavy atom. The van der Waals surface area contributed by atoms with E-state index in [1.54, 1.807) is 35.2 Å². The van der Waals surface area contributed by atoms with Crippen molar-refractivity contribution in [3.05, 3.63) is 129 Å². The van der Waals surface area contributed by atoms with Gasteiger partial charge in [-0.15, -0.1) is 0 Å². The quantitative estimate of drug-likeness (QED) is 0.330. The SMILES string of the molecule is O=C(Cc1ccccc1Cl)Nc1ccc(C(=O)N2Cc3ccccc3Cc3cc(Cl)ccc32)cc1. The van der Waals surface area contributed by atoms with Crippen molar-refractivity contribution in [3.8, 4) is 0 Å². The monoisotopic (exact) mass is 500 g/mol. The first-order valence-electron chi connectivity index (χ1n) is 11.3.